The van der Waals surface area contributed by atoms with Crippen LogP contribution in [0.3, 0.4) is 0 Å². The Balaban J connectivity index is 1.06. The summed E-state index contributed by atoms with van der Waals surface area (Å²) in [5.41, 5.74) is 15.3. The predicted octanol–water partition coefficient (Wildman–Crippen LogP) is 15.8. The molecule has 0 unspecified atom stereocenters. The van der Waals surface area contributed by atoms with Crippen LogP contribution in [-0.4, -0.2) is 0 Å². The first-order valence-electron chi connectivity index (χ1n) is 19.6. The van der Waals surface area contributed by atoms with Crippen LogP contribution in [0.15, 0.2) is 237 Å². The fourth-order valence-electron chi connectivity index (χ4n) is 8.22. The van der Waals surface area contributed by atoms with E-state index >= 15 is 0 Å². The number of nitrogens with zero attached hydrogens (tertiary/aromatic N) is 1. The Morgan fingerprint density at radius 1 is 0.228 bits per heavy atom. The van der Waals surface area contributed by atoms with Crippen LogP contribution in [0, 0.1) is 0 Å². The van der Waals surface area contributed by atoms with E-state index in [2.05, 4.69) is 241 Å². The van der Waals surface area contributed by atoms with E-state index in [-0.39, 0.29) is 0 Å². The Morgan fingerprint density at radius 3 is 1.47 bits per heavy atom. The lowest BCUT2D eigenvalue weighted by Crippen LogP contribution is -2.11. The fraction of sp³-hybridized carbons (Fsp3) is 0. The van der Waals surface area contributed by atoms with Gasteiger partial charge < -0.3 is 4.90 Å². The van der Waals surface area contributed by atoms with Crippen LogP contribution in [0.4, 0.5) is 17.1 Å². The maximum Gasteiger partial charge on any atom is 0.0540 e. The molecule has 0 saturated carbocycles. The number of fused-ring (bicyclic) bond motifs is 2. The fourth-order valence-corrected chi connectivity index (χ4v) is 8.22. The Labute approximate surface area is 334 Å². The molecule has 0 amide bonds. The monoisotopic (exact) mass is 725 g/mol. The molecule has 268 valence electrons. The van der Waals surface area contributed by atoms with Crippen molar-refractivity contribution in [3.8, 4) is 55.6 Å². The Kier molecular flexibility index (Phi) is 8.95. The number of hydrogen-bond donors (Lipinski definition) is 0. The Morgan fingerprint density at radius 2 is 0.737 bits per heavy atom. The molecule has 0 radical (unpaired) electrons. The van der Waals surface area contributed by atoms with Gasteiger partial charge in [-0.2, -0.15) is 0 Å². The third kappa shape index (κ3) is 6.66. The summed E-state index contributed by atoms with van der Waals surface area (Å²) in [6.45, 7) is 0. The minimum Gasteiger partial charge on any atom is -0.310 e. The first-order valence-corrected chi connectivity index (χ1v) is 19.6. The minimum atomic E-state index is 1.09. The summed E-state index contributed by atoms with van der Waals surface area (Å²) in [6, 6.07) is 85.6. The van der Waals surface area contributed by atoms with Crippen molar-refractivity contribution < 1.29 is 0 Å². The highest BCUT2D eigenvalue weighted by Gasteiger charge is 2.18. The van der Waals surface area contributed by atoms with Gasteiger partial charge in [0.25, 0.3) is 0 Å². The molecule has 10 aromatic rings. The zero-order valence-corrected chi connectivity index (χ0v) is 31.5. The van der Waals surface area contributed by atoms with Gasteiger partial charge in [-0.05, 0) is 114 Å². The van der Waals surface area contributed by atoms with Crippen molar-refractivity contribution in [2.45, 2.75) is 0 Å². The quantitative estimate of drug-likeness (QED) is 0.151. The van der Waals surface area contributed by atoms with Crippen LogP contribution in [0.5, 0.6) is 0 Å². The van der Waals surface area contributed by atoms with Gasteiger partial charge in [0.1, 0.15) is 0 Å². The van der Waals surface area contributed by atoms with Crippen molar-refractivity contribution in [2.24, 2.45) is 0 Å². The maximum absolute atomic E-state index is 2.39. The summed E-state index contributed by atoms with van der Waals surface area (Å²) in [7, 11) is 0. The van der Waals surface area contributed by atoms with Crippen LogP contribution in [0.1, 0.15) is 0 Å². The number of para-hydroxylation sites is 1. The lowest BCUT2D eigenvalue weighted by molar-refractivity contribution is 1.28. The van der Waals surface area contributed by atoms with Crippen molar-refractivity contribution in [2.75, 3.05) is 4.90 Å². The molecular weight excluding hydrogens is 687 g/mol. The van der Waals surface area contributed by atoms with Gasteiger partial charge in [-0.3, -0.25) is 0 Å². The molecule has 0 spiro atoms. The zero-order chi connectivity index (χ0) is 38.0. The summed E-state index contributed by atoms with van der Waals surface area (Å²) in [5.74, 6) is 0. The SMILES string of the molecule is c1ccc(-c2cc(-c3ccc(N(c4ccc(-c5cccc6ccccc56)cc4)c4ccccc4-c4ccccc4)cc3)ccc2-c2ccc3ccccc3c2)cc1. The third-order valence-electron chi connectivity index (χ3n) is 11.1. The van der Waals surface area contributed by atoms with E-state index in [1.165, 1.54) is 77.2 Å². The predicted molar refractivity (Wildman–Crippen MR) is 243 cm³/mol. The van der Waals surface area contributed by atoms with Gasteiger partial charge >= 0.3 is 0 Å². The van der Waals surface area contributed by atoms with Crippen molar-refractivity contribution in [1.29, 1.82) is 0 Å². The largest absolute Gasteiger partial charge is 0.310 e. The van der Waals surface area contributed by atoms with E-state index in [0.29, 0.717) is 0 Å². The average molecular weight is 726 g/mol. The van der Waals surface area contributed by atoms with E-state index in [1.807, 2.05) is 0 Å². The molecule has 10 rings (SSSR count). The van der Waals surface area contributed by atoms with Crippen molar-refractivity contribution in [3.63, 3.8) is 0 Å². The summed E-state index contributed by atoms with van der Waals surface area (Å²) < 4.78 is 0. The lowest BCUT2D eigenvalue weighted by atomic mass is 9.90. The van der Waals surface area contributed by atoms with E-state index in [4.69, 9.17) is 0 Å². The molecule has 0 saturated heterocycles. The summed E-state index contributed by atoms with van der Waals surface area (Å²) >= 11 is 0. The molecule has 0 fully saturated rings. The van der Waals surface area contributed by atoms with Crippen LogP contribution in [0.25, 0.3) is 77.2 Å². The van der Waals surface area contributed by atoms with E-state index < -0.39 is 0 Å². The number of hydrogen-bond acceptors (Lipinski definition) is 1. The lowest BCUT2D eigenvalue weighted by Gasteiger charge is -2.28. The number of benzene rings is 10. The van der Waals surface area contributed by atoms with Crippen LogP contribution < -0.4 is 4.90 Å². The van der Waals surface area contributed by atoms with Crippen molar-refractivity contribution >= 4 is 38.6 Å². The summed E-state index contributed by atoms with van der Waals surface area (Å²) in [5, 5.41) is 5.00. The second-order valence-electron chi connectivity index (χ2n) is 14.5. The first kappa shape index (κ1) is 34.0. The molecule has 0 aliphatic rings. The molecule has 0 bridgehead atoms. The van der Waals surface area contributed by atoms with Crippen molar-refractivity contribution in [3.05, 3.63) is 237 Å². The maximum atomic E-state index is 2.39. The Hall–Kier alpha value is -7.48. The third-order valence-corrected chi connectivity index (χ3v) is 11.1. The van der Waals surface area contributed by atoms with Gasteiger partial charge in [0, 0.05) is 16.9 Å². The standard InChI is InChI=1S/C56H39N/c1-3-15-43(16-4-1)54-23-11-12-25-56(54)57(50-35-30-45(31-36-50)52-24-13-21-42-19-9-10-22-51(42)52)49-33-28-41(29-34-49)47-32-37-53(55(39-47)44-17-5-2-6-18-44)48-27-26-40-14-7-8-20-46(40)38-48/h1-39H. The topological polar surface area (TPSA) is 3.24 Å². The molecule has 0 heterocycles. The smallest absolute Gasteiger partial charge is 0.0540 e. The second kappa shape index (κ2) is 15.0. The average Bonchev–Trinajstić information content (AvgIpc) is 3.30. The van der Waals surface area contributed by atoms with Gasteiger partial charge in [-0.1, -0.05) is 194 Å². The molecule has 57 heavy (non-hydrogen) atoms. The molecular formula is C56H39N. The van der Waals surface area contributed by atoms with Gasteiger partial charge in [0.2, 0.25) is 0 Å². The van der Waals surface area contributed by atoms with Crippen LogP contribution >= 0.6 is 0 Å². The molecule has 1 heteroatoms. The highest BCUT2D eigenvalue weighted by atomic mass is 15.1. The van der Waals surface area contributed by atoms with Gasteiger partial charge in [-0.25, -0.2) is 0 Å². The number of rotatable bonds is 8. The molecule has 1 nitrogen and oxygen atoms in total. The van der Waals surface area contributed by atoms with Gasteiger partial charge in [0.05, 0.1) is 5.69 Å². The highest BCUT2D eigenvalue weighted by Crippen LogP contribution is 2.43. The van der Waals surface area contributed by atoms with E-state index in [1.54, 1.807) is 0 Å². The van der Waals surface area contributed by atoms with E-state index in [0.717, 1.165) is 17.1 Å². The van der Waals surface area contributed by atoms with E-state index in [9.17, 15) is 0 Å². The molecule has 10 aromatic carbocycles. The first-order chi connectivity index (χ1) is 28.3. The molecule has 0 N–H and O–H groups in total. The van der Waals surface area contributed by atoms with Crippen LogP contribution in [-0.2, 0) is 0 Å². The minimum absolute atomic E-state index is 1.09. The number of anilines is 3. The second-order valence-corrected chi connectivity index (χ2v) is 14.5. The van der Waals surface area contributed by atoms with Gasteiger partial charge in [0.15, 0.2) is 0 Å². The molecule has 0 atom stereocenters. The molecule has 0 aromatic heterocycles. The summed E-state index contributed by atoms with van der Waals surface area (Å²) in [6.07, 6.45) is 0. The highest BCUT2D eigenvalue weighted by molar-refractivity contribution is 5.98. The normalized spacial score (nSPS) is 11.2. The van der Waals surface area contributed by atoms with Crippen molar-refractivity contribution in [1.82, 2.24) is 0 Å². The molecule has 0 aliphatic carbocycles. The summed E-state index contributed by atoms with van der Waals surface area (Å²) in [4.78, 5) is 2.39. The van der Waals surface area contributed by atoms with Crippen LogP contribution in [0.2, 0.25) is 0 Å². The Bertz CT molecular complexity index is 2980. The zero-order valence-electron chi connectivity index (χ0n) is 31.5. The van der Waals surface area contributed by atoms with Gasteiger partial charge in [-0.15, -0.1) is 0 Å². The molecule has 0 aliphatic heterocycles.